The summed E-state index contributed by atoms with van der Waals surface area (Å²) in [6.45, 7) is 4.80. The van der Waals surface area contributed by atoms with E-state index < -0.39 is 11.9 Å². The largest absolute Gasteiger partial charge is 0.490 e. The topological polar surface area (TPSA) is 67.9 Å². The third kappa shape index (κ3) is 5.37. The number of carbonyl (C=O) groups is 2. The second-order valence-electron chi connectivity index (χ2n) is 7.64. The lowest BCUT2D eigenvalue weighted by Gasteiger charge is -2.15. The maximum Gasteiger partial charge on any atom is 0.333 e. The highest BCUT2D eigenvalue weighted by molar-refractivity contribution is 14.1. The first kappa shape index (κ1) is 24.1. The molecule has 0 bridgehead atoms. The third-order valence-electron chi connectivity index (χ3n) is 5.11. The van der Waals surface area contributed by atoms with Gasteiger partial charge in [-0.3, -0.25) is 4.79 Å². The number of halogens is 2. The molecule has 0 spiro atoms. The Balaban J connectivity index is 1.59. The molecule has 0 atom stereocenters. The Morgan fingerprint density at radius 1 is 1.03 bits per heavy atom. The maximum absolute atomic E-state index is 12.9. The molecule has 174 valence electrons. The minimum Gasteiger partial charge on any atom is -0.490 e. The van der Waals surface area contributed by atoms with Crippen LogP contribution in [0.1, 0.15) is 23.6 Å². The Labute approximate surface area is 216 Å². The van der Waals surface area contributed by atoms with Crippen LogP contribution in [-0.2, 0) is 11.4 Å². The number of anilines is 1. The lowest BCUT2D eigenvalue weighted by Crippen LogP contribution is -2.30. The van der Waals surface area contributed by atoms with Crippen LogP contribution in [0.25, 0.3) is 6.08 Å². The van der Waals surface area contributed by atoms with Crippen molar-refractivity contribution in [1.29, 1.82) is 0 Å². The fourth-order valence-corrected chi connectivity index (χ4v) is 4.35. The second kappa shape index (κ2) is 10.5. The molecule has 0 saturated carbocycles. The van der Waals surface area contributed by atoms with E-state index in [2.05, 4.69) is 27.9 Å². The van der Waals surface area contributed by atoms with Gasteiger partial charge in [-0.25, -0.2) is 9.69 Å². The molecule has 1 saturated heterocycles. The molecule has 1 aliphatic rings. The Kier molecular flexibility index (Phi) is 7.43. The van der Waals surface area contributed by atoms with Gasteiger partial charge in [-0.05, 0) is 90.0 Å². The average Bonchev–Trinajstić information content (AvgIpc) is 3.08. The number of hydrogen-bond acceptors (Lipinski definition) is 4. The molecule has 0 radical (unpaired) electrons. The van der Waals surface area contributed by atoms with Crippen LogP contribution in [0, 0.1) is 10.5 Å². The fourth-order valence-electron chi connectivity index (χ4n) is 3.44. The molecule has 0 unspecified atom stereocenters. The summed E-state index contributed by atoms with van der Waals surface area (Å²) in [5.41, 5.74) is 3.56. The molecule has 1 fully saturated rings. The van der Waals surface area contributed by atoms with Gasteiger partial charge in [-0.15, -0.1) is 0 Å². The normalized spacial score (nSPS) is 14.5. The minimum atomic E-state index is -0.517. The molecule has 4 rings (SSSR count). The number of nitrogens with one attached hydrogen (secondary N) is 1. The predicted molar refractivity (Wildman–Crippen MR) is 141 cm³/mol. The van der Waals surface area contributed by atoms with E-state index in [1.54, 1.807) is 36.4 Å². The van der Waals surface area contributed by atoms with Gasteiger partial charge in [0.25, 0.3) is 5.91 Å². The van der Waals surface area contributed by atoms with Crippen molar-refractivity contribution >= 4 is 57.9 Å². The summed E-state index contributed by atoms with van der Waals surface area (Å²) in [5, 5.41) is 3.17. The van der Waals surface area contributed by atoms with Gasteiger partial charge in [0.05, 0.1) is 15.9 Å². The monoisotopic (exact) mass is 588 g/mol. The number of imide groups is 1. The second-order valence-corrected chi connectivity index (χ2v) is 9.24. The van der Waals surface area contributed by atoms with Crippen molar-refractivity contribution < 1.29 is 19.1 Å². The fraction of sp³-hybridized carbons (Fsp3) is 0.154. The first-order valence-corrected chi connectivity index (χ1v) is 12.1. The number of benzene rings is 3. The Hall–Kier alpha value is -3.04. The molecule has 1 aliphatic heterocycles. The number of urea groups is 1. The van der Waals surface area contributed by atoms with E-state index in [9.17, 15) is 9.59 Å². The first-order valence-electron chi connectivity index (χ1n) is 10.6. The van der Waals surface area contributed by atoms with Gasteiger partial charge in [-0.2, -0.15) is 0 Å². The molecule has 0 aromatic heterocycles. The zero-order valence-corrected chi connectivity index (χ0v) is 21.5. The van der Waals surface area contributed by atoms with Crippen molar-refractivity contribution in [3.05, 3.63) is 91.6 Å². The number of amides is 3. The highest BCUT2D eigenvalue weighted by Crippen LogP contribution is 2.36. The number of nitrogens with zero attached hydrogens (tertiary/aromatic N) is 1. The molecule has 34 heavy (non-hydrogen) atoms. The number of aryl methyl sites for hydroxylation is 1. The summed E-state index contributed by atoms with van der Waals surface area (Å²) in [5.74, 6) is 0.759. The summed E-state index contributed by atoms with van der Waals surface area (Å²) in [6, 6.07) is 17.8. The summed E-state index contributed by atoms with van der Waals surface area (Å²) in [4.78, 5) is 26.5. The van der Waals surface area contributed by atoms with Crippen molar-refractivity contribution in [2.45, 2.75) is 20.5 Å². The van der Waals surface area contributed by atoms with E-state index in [1.165, 1.54) is 5.56 Å². The van der Waals surface area contributed by atoms with E-state index in [1.807, 2.05) is 44.2 Å². The van der Waals surface area contributed by atoms with Crippen LogP contribution < -0.4 is 19.7 Å². The van der Waals surface area contributed by atoms with Crippen molar-refractivity contribution in [2.75, 3.05) is 11.5 Å². The van der Waals surface area contributed by atoms with Crippen LogP contribution in [0.4, 0.5) is 10.5 Å². The van der Waals surface area contributed by atoms with Crippen LogP contribution in [-0.4, -0.2) is 18.5 Å². The lowest BCUT2D eigenvalue weighted by molar-refractivity contribution is -0.113. The highest BCUT2D eigenvalue weighted by Gasteiger charge is 2.34. The van der Waals surface area contributed by atoms with Crippen molar-refractivity contribution in [3.63, 3.8) is 0 Å². The SMILES string of the molecule is CCOc1cc(/C=C2/NC(=O)N(c3ccc(Cl)cc3)C2=O)cc(I)c1OCc1ccc(C)cc1. The van der Waals surface area contributed by atoms with E-state index in [0.29, 0.717) is 41.0 Å². The number of ether oxygens (including phenoxy) is 2. The van der Waals surface area contributed by atoms with E-state index >= 15 is 0 Å². The van der Waals surface area contributed by atoms with Gasteiger partial charge in [0.2, 0.25) is 0 Å². The van der Waals surface area contributed by atoms with Crippen molar-refractivity contribution in [3.8, 4) is 11.5 Å². The van der Waals surface area contributed by atoms with Crippen LogP contribution in [0.3, 0.4) is 0 Å². The number of hydrogen-bond donors (Lipinski definition) is 1. The first-order chi connectivity index (χ1) is 16.4. The Morgan fingerprint density at radius 3 is 2.41 bits per heavy atom. The van der Waals surface area contributed by atoms with Crippen LogP contribution in [0.5, 0.6) is 11.5 Å². The summed E-state index contributed by atoms with van der Waals surface area (Å²) in [6.07, 6.45) is 1.63. The Morgan fingerprint density at radius 2 is 1.74 bits per heavy atom. The van der Waals surface area contributed by atoms with Gasteiger partial charge in [0.15, 0.2) is 11.5 Å². The Bertz CT molecular complexity index is 1260. The molecule has 8 heteroatoms. The molecule has 3 aromatic carbocycles. The smallest absolute Gasteiger partial charge is 0.333 e. The zero-order chi connectivity index (χ0) is 24.2. The third-order valence-corrected chi connectivity index (χ3v) is 6.16. The van der Waals surface area contributed by atoms with Gasteiger partial charge in [0.1, 0.15) is 12.3 Å². The van der Waals surface area contributed by atoms with Crippen LogP contribution in [0.2, 0.25) is 5.02 Å². The maximum atomic E-state index is 12.9. The predicted octanol–water partition coefficient (Wildman–Crippen LogP) is 6.33. The molecule has 3 amide bonds. The van der Waals surface area contributed by atoms with Crippen LogP contribution >= 0.6 is 34.2 Å². The van der Waals surface area contributed by atoms with E-state index in [4.69, 9.17) is 21.1 Å². The van der Waals surface area contributed by atoms with Gasteiger partial charge < -0.3 is 14.8 Å². The summed E-state index contributed by atoms with van der Waals surface area (Å²) >= 11 is 8.10. The zero-order valence-electron chi connectivity index (χ0n) is 18.6. The highest BCUT2D eigenvalue weighted by atomic mass is 127. The number of carbonyl (C=O) groups excluding carboxylic acids is 2. The average molecular weight is 589 g/mol. The standard InChI is InChI=1S/C26H22ClIN2O4/c1-3-33-23-14-18(12-21(28)24(23)34-15-17-6-4-16(2)5-7-17)13-22-25(31)30(26(32)29-22)20-10-8-19(27)9-11-20/h4-14H,3,15H2,1-2H3,(H,29,32)/b22-13+. The molecule has 3 aromatic rings. The quantitative estimate of drug-likeness (QED) is 0.199. The minimum absolute atomic E-state index is 0.173. The van der Waals surface area contributed by atoms with Gasteiger partial charge >= 0.3 is 6.03 Å². The van der Waals surface area contributed by atoms with Crippen molar-refractivity contribution in [2.24, 2.45) is 0 Å². The summed E-state index contributed by atoms with van der Waals surface area (Å²) < 4.78 is 12.7. The molecule has 0 aliphatic carbocycles. The van der Waals surface area contributed by atoms with E-state index in [-0.39, 0.29) is 5.70 Å². The lowest BCUT2D eigenvalue weighted by atomic mass is 10.1. The molecule has 1 N–H and O–H groups in total. The molecular formula is C26H22ClIN2O4. The van der Waals surface area contributed by atoms with Crippen molar-refractivity contribution in [1.82, 2.24) is 5.32 Å². The molecule has 1 heterocycles. The number of rotatable bonds is 7. The van der Waals surface area contributed by atoms with E-state index in [0.717, 1.165) is 14.0 Å². The van der Waals surface area contributed by atoms with Crippen LogP contribution in [0.15, 0.2) is 66.4 Å². The van der Waals surface area contributed by atoms with Gasteiger partial charge in [-0.1, -0.05) is 41.4 Å². The molecule has 6 nitrogen and oxygen atoms in total. The molecular weight excluding hydrogens is 567 g/mol. The van der Waals surface area contributed by atoms with Gasteiger partial charge in [0, 0.05) is 5.02 Å². The summed E-state index contributed by atoms with van der Waals surface area (Å²) in [7, 11) is 0.